The quantitative estimate of drug-likeness (QED) is 0.770. The van der Waals surface area contributed by atoms with Crippen LogP contribution in [0.2, 0.25) is 0 Å². The average Bonchev–Trinajstić information content (AvgIpc) is 2.13. The Labute approximate surface area is 102 Å². The van der Waals surface area contributed by atoms with Gasteiger partial charge in [0.15, 0.2) is 0 Å². The molecule has 0 saturated heterocycles. The Balaban J connectivity index is 2.82. The molecule has 0 aromatic carbocycles. The first-order chi connectivity index (χ1) is 8.12. The summed E-state index contributed by atoms with van der Waals surface area (Å²) < 4.78 is 40.6. The number of Topliss-reactive ketones (excluding diaryl/α,β-unsaturated/α-hetero) is 1. The molecule has 0 bridgehead atoms. The molecule has 18 heavy (non-hydrogen) atoms. The molecule has 3 unspecified atom stereocenters. The molecule has 0 amide bonds. The van der Waals surface area contributed by atoms with Crippen molar-refractivity contribution in [1.82, 2.24) is 0 Å². The fourth-order valence-electron chi connectivity index (χ4n) is 2.22. The molecule has 0 aromatic heterocycles. The number of esters is 1. The molecular weight excluding hydrogens is 253 g/mol. The van der Waals surface area contributed by atoms with Crippen LogP contribution in [0.3, 0.4) is 0 Å². The molecule has 1 aliphatic carbocycles. The van der Waals surface area contributed by atoms with Gasteiger partial charge in [0.2, 0.25) is 0 Å². The third-order valence-electron chi connectivity index (χ3n) is 2.97. The zero-order valence-corrected chi connectivity index (χ0v) is 10.0. The highest BCUT2D eigenvalue weighted by Crippen LogP contribution is 2.32. The predicted octanol–water partition coefficient (Wildman–Crippen LogP) is 1.46. The summed E-state index contributed by atoms with van der Waals surface area (Å²) in [5, 5.41) is 9.43. The Bertz CT molecular complexity index is 338. The van der Waals surface area contributed by atoms with Gasteiger partial charge in [-0.15, -0.1) is 0 Å². The molecule has 0 aromatic rings. The van der Waals surface area contributed by atoms with E-state index in [-0.39, 0.29) is 24.5 Å². The summed E-state index contributed by atoms with van der Waals surface area (Å²) in [4.78, 5) is 22.4. The molecule has 0 heterocycles. The number of aliphatic hydroxyl groups is 1. The second-order valence-corrected chi connectivity index (χ2v) is 4.72. The largest absolute Gasteiger partial charge is 0.490 e. The highest BCUT2D eigenvalue weighted by atomic mass is 19.4. The first-order valence-corrected chi connectivity index (χ1v) is 5.61. The lowest BCUT2D eigenvalue weighted by Gasteiger charge is -2.34. The van der Waals surface area contributed by atoms with Crippen molar-refractivity contribution in [1.29, 1.82) is 0 Å². The smallest absolute Gasteiger partial charge is 0.455 e. The van der Waals surface area contributed by atoms with Gasteiger partial charge < -0.3 is 9.84 Å². The number of carbonyl (C=O) groups is 2. The summed E-state index contributed by atoms with van der Waals surface area (Å²) in [7, 11) is 0. The van der Waals surface area contributed by atoms with Crippen molar-refractivity contribution in [2.75, 3.05) is 0 Å². The molecule has 0 spiro atoms. The van der Waals surface area contributed by atoms with Gasteiger partial charge in [0, 0.05) is 6.42 Å². The molecule has 104 valence electrons. The normalized spacial score (nSPS) is 31.0. The van der Waals surface area contributed by atoms with Crippen LogP contribution in [0, 0.1) is 11.8 Å². The van der Waals surface area contributed by atoms with E-state index >= 15 is 0 Å². The Morgan fingerprint density at radius 2 is 2.06 bits per heavy atom. The van der Waals surface area contributed by atoms with E-state index in [9.17, 15) is 27.9 Å². The van der Waals surface area contributed by atoms with Crippen molar-refractivity contribution in [2.24, 2.45) is 11.8 Å². The number of ketones is 1. The fourth-order valence-corrected chi connectivity index (χ4v) is 2.22. The van der Waals surface area contributed by atoms with Gasteiger partial charge in [0.25, 0.3) is 0 Å². The standard InChI is InChI=1S/C11H15F3O4/c1-5-3-7(16)9(6(2)15)8(4-5)18-10(17)11(12,13)14/h5-6,8-9,15H,3-4H2,1-2H3/t5?,6?,8-,9?/m1/s1. The highest BCUT2D eigenvalue weighted by molar-refractivity contribution is 5.84. The minimum Gasteiger partial charge on any atom is -0.455 e. The van der Waals surface area contributed by atoms with Gasteiger partial charge in [-0.1, -0.05) is 6.92 Å². The molecule has 0 radical (unpaired) electrons. The Hall–Kier alpha value is -1.11. The van der Waals surface area contributed by atoms with E-state index in [0.717, 1.165) is 0 Å². The van der Waals surface area contributed by atoms with Crippen molar-refractivity contribution < 1.29 is 32.6 Å². The van der Waals surface area contributed by atoms with E-state index in [1.54, 1.807) is 6.92 Å². The fraction of sp³-hybridized carbons (Fsp3) is 0.818. The maximum atomic E-state index is 12.1. The van der Waals surface area contributed by atoms with Crippen molar-refractivity contribution in [2.45, 2.75) is 45.1 Å². The van der Waals surface area contributed by atoms with Crippen LogP contribution in [0.4, 0.5) is 13.2 Å². The first kappa shape index (κ1) is 14.9. The van der Waals surface area contributed by atoms with Gasteiger partial charge >= 0.3 is 12.1 Å². The summed E-state index contributed by atoms with van der Waals surface area (Å²) in [6.45, 7) is 2.98. The molecule has 1 rings (SSSR count). The van der Waals surface area contributed by atoms with Crippen LogP contribution in [0.25, 0.3) is 0 Å². The number of alkyl halides is 3. The molecule has 1 aliphatic rings. The van der Waals surface area contributed by atoms with E-state index in [0.29, 0.717) is 0 Å². The second kappa shape index (κ2) is 5.26. The number of carbonyl (C=O) groups excluding carboxylic acids is 2. The summed E-state index contributed by atoms with van der Waals surface area (Å²) >= 11 is 0. The lowest BCUT2D eigenvalue weighted by molar-refractivity contribution is -0.210. The van der Waals surface area contributed by atoms with Gasteiger partial charge in [0.05, 0.1) is 12.0 Å². The molecule has 4 atom stereocenters. The predicted molar refractivity (Wildman–Crippen MR) is 54.5 cm³/mol. The molecular formula is C11H15F3O4. The van der Waals surface area contributed by atoms with Crippen LogP contribution in [-0.4, -0.2) is 35.2 Å². The zero-order valence-electron chi connectivity index (χ0n) is 10.0. The van der Waals surface area contributed by atoms with Crippen LogP contribution in [0.1, 0.15) is 26.7 Å². The summed E-state index contributed by atoms with van der Waals surface area (Å²) in [5.41, 5.74) is 0. The van der Waals surface area contributed by atoms with E-state index in [4.69, 9.17) is 0 Å². The average molecular weight is 268 g/mol. The molecule has 1 saturated carbocycles. The number of aliphatic hydroxyl groups excluding tert-OH is 1. The van der Waals surface area contributed by atoms with Crippen LogP contribution < -0.4 is 0 Å². The van der Waals surface area contributed by atoms with Gasteiger partial charge in [-0.2, -0.15) is 13.2 Å². The van der Waals surface area contributed by atoms with E-state index in [1.807, 2.05) is 0 Å². The SMILES string of the molecule is CC1CC(=O)C(C(C)O)[C@H](OC(=O)C(F)(F)F)C1. The third-order valence-corrected chi connectivity index (χ3v) is 2.97. The van der Waals surface area contributed by atoms with Gasteiger partial charge in [-0.25, -0.2) is 4.79 Å². The van der Waals surface area contributed by atoms with Crippen LogP contribution in [0.5, 0.6) is 0 Å². The topological polar surface area (TPSA) is 63.6 Å². The second-order valence-electron chi connectivity index (χ2n) is 4.72. The summed E-state index contributed by atoms with van der Waals surface area (Å²) in [5.74, 6) is -3.94. The van der Waals surface area contributed by atoms with Crippen LogP contribution >= 0.6 is 0 Å². The lowest BCUT2D eigenvalue weighted by atomic mass is 9.77. The number of hydrogen-bond acceptors (Lipinski definition) is 4. The summed E-state index contributed by atoms with van der Waals surface area (Å²) in [6.07, 6.45) is -7.13. The Morgan fingerprint density at radius 1 is 1.50 bits per heavy atom. The Morgan fingerprint density at radius 3 is 2.50 bits per heavy atom. The molecule has 0 aliphatic heterocycles. The number of ether oxygens (including phenoxy) is 1. The van der Waals surface area contributed by atoms with Gasteiger partial charge in [-0.05, 0) is 19.3 Å². The van der Waals surface area contributed by atoms with E-state index in [2.05, 4.69) is 4.74 Å². The maximum Gasteiger partial charge on any atom is 0.490 e. The van der Waals surface area contributed by atoms with Crippen molar-refractivity contribution >= 4 is 11.8 Å². The molecule has 7 heteroatoms. The minimum atomic E-state index is -5.09. The van der Waals surface area contributed by atoms with E-state index in [1.165, 1.54) is 6.92 Å². The van der Waals surface area contributed by atoms with Crippen LogP contribution in [0.15, 0.2) is 0 Å². The monoisotopic (exact) mass is 268 g/mol. The zero-order chi connectivity index (χ0) is 14.1. The van der Waals surface area contributed by atoms with Gasteiger partial charge in [0.1, 0.15) is 11.9 Å². The third kappa shape index (κ3) is 3.44. The highest BCUT2D eigenvalue weighted by Gasteiger charge is 2.46. The van der Waals surface area contributed by atoms with E-state index < -0.39 is 30.3 Å². The minimum absolute atomic E-state index is 0.142. The summed E-state index contributed by atoms with van der Waals surface area (Å²) in [6, 6.07) is 0. The number of halogens is 3. The number of hydrogen-bond donors (Lipinski definition) is 1. The molecule has 4 nitrogen and oxygen atoms in total. The van der Waals surface area contributed by atoms with Crippen molar-refractivity contribution in [3.8, 4) is 0 Å². The van der Waals surface area contributed by atoms with Crippen molar-refractivity contribution in [3.05, 3.63) is 0 Å². The lowest BCUT2D eigenvalue weighted by Crippen LogP contribution is -2.46. The maximum absolute atomic E-state index is 12.1. The molecule has 1 fully saturated rings. The van der Waals surface area contributed by atoms with Crippen molar-refractivity contribution in [3.63, 3.8) is 0 Å². The molecule has 1 N–H and O–H groups in total. The van der Waals surface area contributed by atoms with Crippen LogP contribution in [-0.2, 0) is 14.3 Å². The van der Waals surface area contributed by atoms with Gasteiger partial charge in [-0.3, -0.25) is 4.79 Å². The number of rotatable bonds is 2. The Kier molecular flexibility index (Phi) is 4.37. The first-order valence-electron chi connectivity index (χ1n) is 5.61.